The quantitative estimate of drug-likeness (QED) is 0.218. The maximum atomic E-state index is 13.8. The van der Waals surface area contributed by atoms with E-state index in [1.807, 2.05) is 77.3 Å². The van der Waals surface area contributed by atoms with Gasteiger partial charge in [0.25, 0.3) is 11.8 Å². The molecule has 5 rings (SSSR count). The van der Waals surface area contributed by atoms with Gasteiger partial charge in [-0.2, -0.15) is 10.2 Å². The number of benzene rings is 2. The summed E-state index contributed by atoms with van der Waals surface area (Å²) in [4.78, 5) is 49.0. The summed E-state index contributed by atoms with van der Waals surface area (Å²) in [6, 6.07) is 7.51. The van der Waals surface area contributed by atoms with E-state index in [-0.39, 0.29) is 30.4 Å². The number of hydrogen-bond acceptors (Lipinski definition) is 7. The summed E-state index contributed by atoms with van der Waals surface area (Å²) in [7, 11) is 7.25. The third-order valence-electron chi connectivity index (χ3n) is 8.06. The molecule has 0 bridgehead atoms. The van der Waals surface area contributed by atoms with Crippen LogP contribution >= 0.6 is 0 Å². The van der Waals surface area contributed by atoms with E-state index in [4.69, 9.17) is 4.74 Å². The third-order valence-corrected chi connectivity index (χ3v) is 8.06. The number of anilines is 2. The lowest BCUT2D eigenvalue weighted by Crippen LogP contribution is -2.48. The zero-order chi connectivity index (χ0) is 34.0. The number of nitrogens with one attached hydrogen (secondary N) is 1. The van der Waals surface area contributed by atoms with E-state index in [0.29, 0.717) is 34.4 Å². The van der Waals surface area contributed by atoms with Gasteiger partial charge in [-0.3, -0.25) is 19.0 Å². The molecule has 0 atom stereocenters. The summed E-state index contributed by atoms with van der Waals surface area (Å²) in [5, 5.41) is 13.9. The Hall–Kier alpha value is -4.94. The number of ether oxygens (including phenoxy) is 1. The van der Waals surface area contributed by atoms with E-state index in [0.717, 1.165) is 42.4 Å². The van der Waals surface area contributed by atoms with E-state index in [1.165, 1.54) is 6.34 Å². The van der Waals surface area contributed by atoms with Crippen molar-refractivity contribution in [3.8, 4) is 0 Å². The lowest BCUT2D eigenvalue weighted by Gasteiger charge is -2.39. The van der Waals surface area contributed by atoms with Crippen LogP contribution in [0.1, 0.15) is 56.5 Å². The number of hydrogen-bond donors (Lipinski definition) is 1. The van der Waals surface area contributed by atoms with Crippen molar-refractivity contribution in [1.29, 1.82) is 0 Å². The Morgan fingerprint density at radius 2 is 1.72 bits per heavy atom. The number of fused-ring (bicyclic) bond motifs is 2. The molecule has 0 saturated carbocycles. The van der Waals surface area contributed by atoms with Gasteiger partial charge >= 0.3 is 6.09 Å². The Balaban J connectivity index is 1.36. The number of nitrogens with zero attached hydrogens (tertiary/aromatic N) is 8. The molecule has 47 heavy (non-hydrogen) atoms. The molecule has 2 aromatic carbocycles. The molecule has 1 aliphatic rings. The van der Waals surface area contributed by atoms with Gasteiger partial charge in [-0.15, -0.1) is 0 Å². The van der Waals surface area contributed by atoms with Gasteiger partial charge < -0.3 is 24.8 Å². The Labute approximate surface area is 275 Å². The Morgan fingerprint density at radius 1 is 1.04 bits per heavy atom. The van der Waals surface area contributed by atoms with Crippen LogP contribution in [-0.2, 0) is 30.0 Å². The molecule has 2 aromatic heterocycles. The van der Waals surface area contributed by atoms with Crippen molar-refractivity contribution >= 4 is 57.4 Å². The fraction of sp³-hybridized carbons (Fsp3) is 0.471. The highest BCUT2D eigenvalue weighted by molar-refractivity contribution is 6.14. The topological polar surface area (TPSA) is 130 Å². The molecule has 250 valence electrons. The molecular weight excluding hydrogens is 598 g/mol. The molecule has 4 aromatic rings. The first-order valence-corrected chi connectivity index (χ1v) is 15.9. The maximum absolute atomic E-state index is 13.8. The second-order valence-electron chi connectivity index (χ2n) is 13.3. The van der Waals surface area contributed by atoms with Crippen LogP contribution in [0.4, 0.5) is 16.2 Å². The van der Waals surface area contributed by atoms with Crippen LogP contribution in [0, 0.1) is 0 Å². The van der Waals surface area contributed by atoms with Crippen molar-refractivity contribution in [2.45, 2.75) is 58.6 Å². The highest BCUT2D eigenvalue weighted by Crippen LogP contribution is 2.33. The molecule has 1 fully saturated rings. The number of amides is 3. The minimum absolute atomic E-state index is 0.0469. The number of aromatic nitrogens is 4. The van der Waals surface area contributed by atoms with E-state index >= 15 is 0 Å². The molecular formula is C34H45N9O4. The summed E-state index contributed by atoms with van der Waals surface area (Å²) in [6.07, 6.45) is 6.64. The summed E-state index contributed by atoms with van der Waals surface area (Å²) in [6.45, 7) is 9.73. The molecule has 1 N–H and O–H groups in total. The fourth-order valence-corrected chi connectivity index (χ4v) is 6.06. The molecule has 13 heteroatoms. The molecule has 3 heterocycles. The van der Waals surface area contributed by atoms with Gasteiger partial charge in [-0.05, 0) is 70.4 Å². The lowest BCUT2D eigenvalue weighted by atomic mass is 10.0. The highest BCUT2D eigenvalue weighted by Gasteiger charge is 2.31. The first-order chi connectivity index (χ1) is 22.2. The van der Waals surface area contributed by atoms with Crippen LogP contribution in [0.15, 0.2) is 41.7 Å². The zero-order valence-electron chi connectivity index (χ0n) is 28.6. The van der Waals surface area contributed by atoms with Crippen LogP contribution < -0.4 is 10.2 Å². The molecule has 0 unspecified atom stereocenters. The third kappa shape index (κ3) is 7.72. The molecule has 1 saturated heterocycles. The molecule has 0 spiro atoms. The maximum Gasteiger partial charge on any atom is 0.410 e. The van der Waals surface area contributed by atoms with E-state index in [9.17, 15) is 14.4 Å². The lowest BCUT2D eigenvalue weighted by molar-refractivity contribution is -0.117. The van der Waals surface area contributed by atoms with Crippen molar-refractivity contribution in [3.63, 3.8) is 0 Å². The Kier molecular flexibility index (Phi) is 9.55. The zero-order valence-corrected chi connectivity index (χ0v) is 28.6. The van der Waals surface area contributed by atoms with Crippen molar-refractivity contribution in [3.05, 3.63) is 47.8 Å². The Morgan fingerprint density at radius 3 is 2.38 bits per heavy atom. The fourth-order valence-electron chi connectivity index (χ4n) is 6.06. The van der Waals surface area contributed by atoms with Gasteiger partial charge in [0.05, 0.1) is 23.8 Å². The van der Waals surface area contributed by atoms with Gasteiger partial charge in [0.1, 0.15) is 11.1 Å². The van der Waals surface area contributed by atoms with Crippen LogP contribution in [0.5, 0.6) is 0 Å². The monoisotopic (exact) mass is 643 g/mol. The second kappa shape index (κ2) is 13.4. The number of rotatable bonds is 8. The van der Waals surface area contributed by atoms with Gasteiger partial charge in [-0.1, -0.05) is 0 Å². The van der Waals surface area contributed by atoms with Crippen LogP contribution in [-0.4, -0.2) is 99.0 Å². The number of carbonyl (C=O) groups is 3. The summed E-state index contributed by atoms with van der Waals surface area (Å²) in [5.74, 6) is -0.614. The van der Waals surface area contributed by atoms with Crippen molar-refractivity contribution in [1.82, 2.24) is 29.4 Å². The summed E-state index contributed by atoms with van der Waals surface area (Å²) >= 11 is 0. The molecule has 0 aliphatic carbocycles. The van der Waals surface area contributed by atoms with E-state index in [1.54, 1.807) is 34.4 Å². The number of piperidine rings is 1. The van der Waals surface area contributed by atoms with Crippen molar-refractivity contribution in [2.24, 2.45) is 19.1 Å². The summed E-state index contributed by atoms with van der Waals surface area (Å²) in [5.41, 5.74) is 3.42. The van der Waals surface area contributed by atoms with E-state index in [2.05, 4.69) is 25.4 Å². The van der Waals surface area contributed by atoms with Gasteiger partial charge in [0, 0.05) is 88.4 Å². The number of aryl methyl sites for hydroxylation is 2. The average Bonchev–Trinajstić information content (AvgIpc) is 3.57. The first-order valence-electron chi connectivity index (χ1n) is 15.9. The van der Waals surface area contributed by atoms with Crippen LogP contribution in [0.25, 0.3) is 21.8 Å². The minimum Gasteiger partial charge on any atom is -0.444 e. The van der Waals surface area contributed by atoms with Crippen molar-refractivity contribution in [2.75, 3.05) is 43.9 Å². The predicted molar refractivity (Wildman–Crippen MR) is 184 cm³/mol. The van der Waals surface area contributed by atoms with Gasteiger partial charge in [-0.25, -0.2) is 9.79 Å². The smallest absolute Gasteiger partial charge is 0.410 e. The van der Waals surface area contributed by atoms with Crippen LogP contribution in [0.3, 0.4) is 0 Å². The first kappa shape index (κ1) is 33.4. The van der Waals surface area contributed by atoms with Gasteiger partial charge in [0.15, 0.2) is 0 Å². The molecule has 13 nitrogen and oxygen atoms in total. The standard InChI is InChI=1S/C34H45N9O4/c1-9-43(33(46)47-34(2,3)4)25-12-14-42(15-13-25)28-11-10-26(31-27(28)20-41(8)38-31)32(45)36-24-16-22(18-29(44)35-21-39(5)6)30-23(17-24)19-40(7)37-30/h10-11,16-17,19-21,25H,9,12-15,18H2,1-8H3,(H,36,45)/b35-21-. The largest absolute Gasteiger partial charge is 0.444 e. The molecule has 3 amide bonds. The van der Waals surface area contributed by atoms with Gasteiger partial charge in [0.2, 0.25) is 0 Å². The molecule has 0 radical (unpaired) electrons. The number of carbonyl (C=O) groups excluding carboxylic acids is 3. The SMILES string of the molecule is CCN(C(=O)OC(C)(C)C)C1CCN(c2ccc(C(=O)Nc3cc(CC(=O)/N=C\N(C)C)c4nn(C)cc4c3)c3nn(C)cc23)CC1. The normalized spacial score (nSPS) is 14.3. The van der Waals surface area contributed by atoms with E-state index < -0.39 is 5.60 Å². The molecule has 1 aliphatic heterocycles. The average molecular weight is 644 g/mol. The van der Waals surface area contributed by atoms with Crippen molar-refractivity contribution < 1.29 is 19.1 Å². The highest BCUT2D eigenvalue weighted by atomic mass is 16.6. The second-order valence-corrected chi connectivity index (χ2v) is 13.3. The Bertz CT molecular complexity index is 1820. The van der Waals surface area contributed by atoms with Crippen LogP contribution in [0.2, 0.25) is 0 Å². The number of aliphatic imine (C=N–C) groups is 1. The predicted octanol–water partition coefficient (Wildman–Crippen LogP) is 4.60. The summed E-state index contributed by atoms with van der Waals surface area (Å²) < 4.78 is 9.06. The minimum atomic E-state index is -0.543.